The van der Waals surface area contributed by atoms with Gasteiger partial charge in [0, 0.05) is 49.0 Å². The van der Waals surface area contributed by atoms with Gasteiger partial charge in [-0.1, -0.05) is 17.7 Å². The molecule has 2 fully saturated rings. The maximum absolute atomic E-state index is 13.3. The van der Waals surface area contributed by atoms with Crippen LogP contribution in [0.5, 0.6) is 0 Å². The Morgan fingerprint density at radius 2 is 2.04 bits per heavy atom. The summed E-state index contributed by atoms with van der Waals surface area (Å²) in [5.41, 5.74) is 1.67. The molecule has 0 amide bonds. The molecule has 1 saturated carbocycles. The van der Waals surface area contributed by atoms with Crippen molar-refractivity contribution in [2.75, 3.05) is 13.1 Å². The first kappa shape index (κ1) is 18.9. The second-order valence-electron chi connectivity index (χ2n) is 7.99. The molecule has 2 aliphatic rings. The summed E-state index contributed by atoms with van der Waals surface area (Å²) in [5, 5.41) is 4.78. The minimum absolute atomic E-state index is 0.0499. The number of benzene rings is 1. The van der Waals surface area contributed by atoms with Crippen LogP contribution in [0.3, 0.4) is 0 Å². The van der Waals surface area contributed by atoms with Crippen molar-refractivity contribution < 1.29 is 13.6 Å². The van der Waals surface area contributed by atoms with Crippen LogP contribution in [0.25, 0.3) is 10.9 Å². The zero-order valence-corrected chi connectivity index (χ0v) is 16.1. The van der Waals surface area contributed by atoms with E-state index in [4.69, 9.17) is 11.6 Å². The van der Waals surface area contributed by atoms with Gasteiger partial charge in [0.2, 0.25) is 5.92 Å². The molecule has 0 bridgehead atoms. The lowest BCUT2D eigenvalue weighted by Crippen LogP contribution is -2.24. The van der Waals surface area contributed by atoms with Crippen molar-refractivity contribution in [2.24, 2.45) is 5.92 Å². The van der Waals surface area contributed by atoms with Crippen LogP contribution in [0.1, 0.15) is 61.3 Å². The van der Waals surface area contributed by atoms with Gasteiger partial charge in [-0.15, -0.1) is 0 Å². The van der Waals surface area contributed by atoms with Crippen molar-refractivity contribution in [3.63, 3.8) is 0 Å². The van der Waals surface area contributed by atoms with Gasteiger partial charge >= 0.3 is 0 Å². The molecule has 2 heterocycles. The number of hydrogen-bond acceptors (Lipinski definition) is 2. The third-order valence-electron chi connectivity index (χ3n) is 6.15. The van der Waals surface area contributed by atoms with Crippen LogP contribution >= 0.6 is 11.6 Å². The van der Waals surface area contributed by atoms with Crippen LogP contribution in [-0.2, 0) is 0 Å². The summed E-state index contributed by atoms with van der Waals surface area (Å²) in [6.07, 6.45) is 4.97. The number of nitrogens with zero attached hydrogens (tertiary/aromatic N) is 1. The van der Waals surface area contributed by atoms with Crippen LogP contribution in [0, 0.1) is 5.92 Å². The van der Waals surface area contributed by atoms with Crippen LogP contribution in [-0.4, -0.2) is 29.4 Å². The third kappa shape index (κ3) is 3.90. The average molecular weight is 395 g/mol. The van der Waals surface area contributed by atoms with E-state index in [2.05, 4.69) is 9.88 Å². The number of Topliss-reactive ketones (excluding diaryl/α,β-unsaturated/α-hetero) is 1. The molecule has 3 nitrogen and oxygen atoms in total. The van der Waals surface area contributed by atoms with Crippen LogP contribution < -0.4 is 5.32 Å². The standard InChI is InChI=1S/C21H25ClF2N2O/c22-17-2-1-3-18-20(17)16(13-26(18)15-8-11-25-12-15)19(27)5-4-14-6-9-21(23,24)10-7-14/h1-3,13-15,25H,4-12H2. The summed E-state index contributed by atoms with van der Waals surface area (Å²) in [6, 6.07) is 6.08. The Morgan fingerprint density at radius 1 is 1.26 bits per heavy atom. The highest BCUT2D eigenvalue weighted by molar-refractivity contribution is 6.37. The van der Waals surface area contributed by atoms with E-state index in [-0.39, 0.29) is 24.5 Å². The lowest BCUT2D eigenvalue weighted by molar-refractivity contribution is -0.0464. The molecule has 146 valence electrons. The van der Waals surface area contributed by atoms with Crippen LogP contribution in [0.15, 0.2) is 24.4 Å². The van der Waals surface area contributed by atoms with E-state index in [1.54, 1.807) is 0 Å². The van der Waals surface area contributed by atoms with E-state index >= 15 is 0 Å². The normalized spacial score (nSPS) is 23.1. The SMILES string of the molecule is O=C(CCC1CCC(F)(F)CC1)c1cn(C2CCNC2)c2cccc(Cl)c12. The van der Waals surface area contributed by atoms with Crippen molar-refractivity contribution in [2.45, 2.75) is 56.9 Å². The van der Waals surface area contributed by atoms with Crippen molar-refractivity contribution in [1.82, 2.24) is 9.88 Å². The molecule has 27 heavy (non-hydrogen) atoms. The number of carbonyl (C=O) groups is 1. The molecule has 1 aliphatic heterocycles. The number of carbonyl (C=O) groups excluding carboxylic acids is 1. The van der Waals surface area contributed by atoms with Crippen molar-refractivity contribution in [1.29, 1.82) is 0 Å². The Balaban J connectivity index is 1.53. The first-order chi connectivity index (χ1) is 12.9. The predicted molar refractivity (Wildman–Crippen MR) is 104 cm³/mol. The lowest BCUT2D eigenvalue weighted by atomic mass is 9.83. The minimum Gasteiger partial charge on any atom is -0.342 e. The summed E-state index contributed by atoms with van der Waals surface area (Å²) in [6.45, 7) is 1.86. The molecular weight excluding hydrogens is 370 g/mol. The monoisotopic (exact) mass is 394 g/mol. The fourth-order valence-electron chi connectivity index (χ4n) is 4.52. The molecule has 0 radical (unpaired) electrons. The average Bonchev–Trinajstić information content (AvgIpc) is 3.28. The molecule has 1 saturated heterocycles. The number of nitrogens with one attached hydrogen (secondary N) is 1. The Bertz CT molecular complexity index is 832. The molecule has 4 rings (SSSR count). The zero-order valence-electron chi connectivity index (χ0n) is 15.3. The predicted octanol–water partition coefficient (Wildman–Crippen LogP) is 5.62. The first-order valence-electron chi connectivity index (χ1n) is 9.85. The van der Waals surface area contributed by atoms with E-state index in [0.29, 0.717) is 42.3 Å². The Kier molecular flexibility index (Phi) is 5.26. The van der Waals surface area contributed by atoms with Gasteiger partial charge in [0.1, 0.15) is 0 Å². The number of hydrogen-bond donors (Lipinski definition) is 1. The molecular formula is C21H25ClF2N2O. The number of fused-ring (bicyclic) bond motifs is 1. The molecule has 1 aromatic carbocycles. The molecule has 1 unspecified atom stereocenters. The Morgan fingerprint density at radius 3 is 2.74 bits per heavy atom. The number of halogens is 3. The summed E-state index contributed by atoms with van der Waals surface area (Å²) in [5.74, 6) is -2.23. The zero-order chi connectivity index (χ0) is 19.0. The van der Waals surface area contributed by atoms with E-state index in [9.17, 15) is 13.6 Å². The topological polar surface area (TPSA) is 34.0 Å². The number of alkyl halides is 2. The third-order valence-corrected chi connectivity index (χ3v) is 6.47. The molecule has 2 aromatic rings. The van der Waals surface area contributed by atoms with Crippen LogP contribution in [0.4, 0.5) is 8.78 Å². The Hall–Kier alpha value is -1.46. The van der Waals surface area contributed by atoms with Gasteiger partial charge in [-0.05, 0) is 50.3 Å². The number of rotatable bonds is 5. The summed E-state index contributed by atoms with van der Waals surface area (Å²) < 4.78 is 28.8. The fraction of sp³-hybridized carbons (Fsp3) is 0.571. The smallest absolute Gasteiger partial charge is 0.248 e. The van der Waals surface area contributed by atoms with E-state index in [0.717, 1.165) is 30.4 Å². The summed E-state index contributed by atoms with van der Waals surface area (Å²) in [4.78, 5) is 13.0. The maximum Gasteiger partial charge on any atom is 0.248 e. The molecule has 1 atom stereocenters. The number of ketones is 1. The highest BCUT2D eigenvalue weighted by Crippen LogP contribution is 2.38. The van der Waals surface area contributed by atoms with Crippen molar-refractivity contribution in [3.05, 3.63) is 35.0 Å². The highest BCUT2D eigenvalue weighted by Gasteiger charge is 2.35. The second-order valence-corrected chi connectivity index (χ2v) is 8.40. The van der Waals surface area contributed by atoms with Gasteiger partial charge in [-0.3, -0.25) is 4.79 Å². The molecule has 6 heteroatoms. The first-order valence-corrected chi connectivity index (χ1v) is 10.2. The number of aromatic nitrogens is 1. The summed E-state index contributed by atoms with van der Waals surface area (Å²) in [7, 11) is 0. The Labute approximate surface area is 163 Å². The fourth-order valence-corrected chi connectivity index (χ4v) is 4.79. The van der Waals surface area contributed by atoms with Gasteiger partial charge in [0.25, 0.3) is 0 Å². The minimum atomic E-state index is -2.52. The summed E-state index contributed by atoms with van der Waals surface area (Å²) >= 11 is 6.44. The van der Waals surface area contributed by atoms with Gasteiger partial charge in [-0.2, -0.15) is 0 Å². The molecule has 1 aromatic heterocycles. The quantitative estimate of drug-likeness (QED) is 0.668. The molecule has 1 aliphatic carbocycles. The molecule has 0 spiro atoms. The second kappa shape index (κ2) is 7.51. The van der Waals surface area contributed by atoms with Gasteiger partial charge < -0.3 is 9.88 Å². The lowest BCUT2D eigenvalue weighted by Gasteiger charge is -2.27. The van der Waals surface area contributed by atoms with E-state index in [1.807, 2.05) is 24.4 Å². The van der Waals surface area contributed by atoms with E-state index in [1.165, 1.54) is 0 Å². The van der Waals surface area contributed by atoms with E-state index < -0.39 is 5.92 Å². The maximum atomic E-state index is 13.3. The van der Waals surface area contributed by atoms with Crippen molar-refractivity contribution >= 4 is 28.3 Å². The van der Waals surface area contributed by atoms with Crippen molar-refractivity contribution in [3.8, 4) is 0 Å². The molecule has 1 N–H and O–H groups in total. The largest absolute Gasteiger partial charge is 0.342 e. The van der Waals surface area contributed by atoms with Crippen LogP contribution in [0.2, 0.25) is 5.02 Å². The van der Waals surface area contributed by atoms with Gasteiger partial charge in [-0.25, -0.2) is 8.78 Å². The van der Waals surface area contributed by atoms with Gasteiger partial charge in [0.15, 0.2) is 5.78 Å². The highest BCUT2D eigenvalue weighted by atomic mass is 35.5. The van der Waals surface area contributed by atoms with Gasteiger partial charge in [0.05, 0.1) is 10.5 Å².